The minimum Gasteiger partial charge on any atom is -0.497 e. The lowest BCUT2D eigenvalue weighted by atomic mass is 10.0. The fourth-order valence-corrected chi connectivity index (χ4v) is 4.05. The average Bonchev–Trinajstić information content (AvgIpc) is 3.31. The number of amides is 1. The van der Waals surface area contributed by atoms with Crippen molar-refractivity contribution in [2.75, 3.05) is 26.7 Å². The Hall–Kier alpha value is -2.83. The maximum Gasteiger partial charge on any atom is 0.273 e. The smallest absolute Gasteiger partial charge is 0.273 e. The van der Waals surface area contributed by atoms with E-state index in [1.165, 1.54) is 19.3 Å². The van der Waals surface area contributed by atoms with Crippen molar-refractivity contribution in [3.63, 3.8) is 0 Å². The first-order chi connectivity index (χ1) is 15.1. The largest absolute Gasteiger partial charge is 0.497 e. The minimum absolute atomic E-state index is 0.0921. The number of carbonyl (C=O) groups excluding carboxylic acids is 1. The Morgan fingerprint density at radius 2 is 1.84 bits per heavy atom. The van der Waals surface area contributed by atoms with Crippen LogP contribution in [0.1, 0.15) is 41.4 Å². The second-order valence-corrected chi connectivity index (χ2v) is 8.12. The third kappa shape index (κ3) is 5.27. The summed E-state index contributed by atoms with van der Waals surface area (Å²) < 4.78 is 10.6. The summed E-state index contributed by atoms with van der Waals surface area (Å²) in [6.45, 7) is 2.54. The Labute approximate surface area is 187 Å². The zero-order valence-electron chi connectivity index (χ0n) is 17.5. The molecule has 1 aliphatic heterocycles. The van der Waals surface area contributed by atoms with Crippen molar-refractivity contribution < 1.29 is 14.1 Å². The number of likely N-dealkylation sites (tertiary alicyclic amines) is 1. The molecular weight excluding hydrogens is 414 g/mol. The monoisotopic (exact) mass is 439 g/mol. The molecule has 1 aliphatic rings. The van der Waals surface area contributed by atoms with Gasteiger partial charge in [0.1, 0.15) is 5.75 Å². The normalized spacial score (nSPS) is 15.4. The van der Waals surface area contributed by atoms with E-state index in [2.05, 4.69) is 15.4 Å². The van der Waals surface area contributed by atoms with E-state index >= 15 is 0 Å². The molecule has 0 spiro atoms. The molecule has 1 saturated heterocycles. The van der Waals surface area contributed by atoms with Gasteiger partial charge in [0.2, 0.25) is 0 Å². The quantitative estimate of drug-likeness (QED) is 0.563. The molecule has 1 atom stereocenters. The fraction of sp³-hybridized carbons (Fsp3) is 0.333. The number of piperidine rings is 1. The highest BCUT2D eigenvalue weighted by Gasteiger charge is 2.24. The van der Waals surface area contributed by atoms with Crippen molar-refractivity contribution in [3.8, 4) is 17.1 Å². The van der Waals surface area contributed by atoms with Gasteiger partial charge in [-0.2, -0.15) is 0 Å². The first kappa shape index (κ1) is 21.4. The molecule has 0 radical (unpaired) electrons. The first-order valence-corrected chi connectivity index (χ1v) is 10.9. The van der Waals surface area contributed by atoms with E-state index in [4.69, 9.17) is 20.9 Å². The van der Waals surface area contributed by atoms with Crippen LogP contribution in [0.25, 0.3) is 11.3 Å². The number of carbonyl (C=O) groups is 1. The Morgan fingerprint density at radius 1 is 1.13 bits per heavy atom. The summed E-state index contributed by atoms with van der Waals surface area (Å²) in [4.78, 5) is 15.2. The summed E-state index contributed by atoms with van der Waals surface area (Å²) in [6, 6.07) is 17.0. The number of ether oxygens (including phenoxy) is 1. The highest BCUT2D eigenvalue weighted by atomic mass is 35.5. The van der Waals surface area contributed by atoms with Crippen molar-refractivity contribution in [1.29, 1.82) is 0 Å². The Morgan fingerprint density at radius 3 is 2.52 bits per heavy atom. The molecule has 4 rings (SSSR count). The lowest BCUT2D eigenvalue weighted by molar-refractivity contribution is 0.0915. The Balaban J connectivity index is 1.44. The molecule has 0 saturated carbocycles. The zero-order chi connectivity index (χ0) is 21.6. The molecule has 31 heavy (non-hydrogen) atoms. The van der Waals surface area contributed by atoms with Gasteiger partial charge in [0, 0.05) is 23.2 Å². The van der Waals surface area contributed by atoms with Crippen molar-refractivity contribution in [1.82, 2.24) is 15.4 Å². The van der Waals surface area contributed by atoms with Crippen LogP contribution in [0, 0.1) is 0 Å². The summed E-state index contributed by atoms with van der Waals surface area (Å²) in [5, 5.41) is 7.70. The van der Waals surface area contributed by atoms with Gasteiger partial charge >= 0.3 is 0 Å². The van der Waals surface area contributed by atoms with E-state index in [0.717, 1.165) is 30.0 Å². The summed E-state index contributed by atoms with van der Waals surface area (Å²) in [5.74, 6) is 1.05. The van der Waals surface area contributed by atoms with Crippen molar-refractivity contribution in [2.24, 2.45) is 0 Å². The predicted octanol–water partition coefficient (Wildman–Crippen LogP) is 4.96. The molecule has 2 heterocycles. The summed E-state index contributed by atoms with van der Waals surface area (Å²) in [5.41, 5.74) is 2.24. The van der Waals surface area contributed by atoms with Crippen LogP contribution >= 0.6 is 11.6 Å². The van der Waals surface area contributed by atoms with Crippen LogP contribution in [0.15, 0.2) is 59.1 Å². The van der Waals surface area contributed by atoms with Crippen molar-refractivity contribution in [2.45, 2.75) is 25.3 Å². The summed E-state index contributed by atoms with van der Waals surface area (Å²) in [6.07, 6.45) is 3.60. The van der Waals surface area contributed by atoms with Gasteiger partial charge in [0.15, 0.2) is 11.5 Å². The predicted molar refractivity (Wildman–Crippen MR) is 120 cm³/mol. The third-order valence-electron chi connectivity index (χ3n) is 5.66. The van der Waals surface area contributed by atoms with Crippen LogP contribution < -0.4 is 10.1 Å². The van der Waals surface area contributed by atoms with E-state index in [-0.39, 0.29) is 17.6 Å². The van der Waals surface area contributed by atoms with Crippen molar-refractivity contribution >= 4 is 17.5 Å². The van der Waals surface area contributed by atoms with Crippen LogP contribution in [0.5, 0.6) is 5.75 Å². The summed E-state index contributed by atoms with van der Waals surface area (Å²) >= 11 is 6.07. The number of hydrogen-bond donors (Lipinski definition) is 1. The number of nitrogens with one attached hydrogen (secondary N) is 1. The fourth-order valence-electron chi connectivity index (χ4n) is 3.93. The van der Waals surface area contributed by atoms with Crippen LogP contribution in [0.2, 0.25) is 5.02 Å². The van der Waals surface area contributed by atoms with Crippen LogP contribution in [0.3, 0.4) is 0 Å². The molecule has 0 bridgehead atoms. The number of rotatable bonds is 7. The van der Waals surface area contributed by atoms with Gasteiger partial charge in [-0.3, -0.25) is 9.69 Å². The molecule has 1 aromatic heterocycles. The van der Waals surface area contributed by atoms with Gasteiger partial charge < -0.3 is 14.6 Å². The van der Waals surface area contributed by atoms with Crippen LogP contribution in [0.4, 0.5) is 0 Å². The lowest BCUT2D eigenvalue weighted by Gasteiger charge is -2.35. The van der Waals surface area contributed by atoms with Gasteiger partial charge in [-0.15, -0.1) is 0 Å². The number of aromatic nitrogens is 1. The lowest BCUT2D eigenvalue weighted by Crippen LogP contribution is -2.40. The van der Waals surface area contributed by atoms with Crippen molar-refractivity contribution in [3.05, 3.63) is 70.9 Å². The van der Waals surface area contributed by atoms with Gasteiger partial charge in [-0.25, -0.2) is 0 Å². The third-order valence-corrected chi connectivity index (χ3v) is 5.91. The topological polar surface area (TPSA) is 67.6 Å². The number of nitrogens with zero attached hydrogens (tertiary/aromatic N) is 2. The molecule has 1 fully saturated rings. The molecule has 7 heteroatoms. The first-order valence-electron chi connectivity index (χ1n) is 10.5. The molecular formula is C24H26ClN3O3. The molecule has 1 unspecified atom stereocenters. The molecule has 162 valence electrons. The summed E-state index contributed by atoms with van der Waals surface area (Å²) in [7, 11) is 1.62. The van der Waals surface area contributed by atoms with E-state index in [9.17, 15) is 4.79 Å². The molecule has 6 nitrogen and oxygen atoms in total. The number of hydrogen-bond acceptors (Lipinski definition) is 5. The maximum absolute atomic E-state index is 12.8. The number of methoxy groups -OCH3 is 1. The van der Waals surface area contributed by atoms with E-state index in [1.54, 1.807) is 13.2 Å². The zero-order valence-corrected chi connectivity index (χ0v) is 18.3. The molecule has 3 aromatic rings. The van der Waals surface area contributed by atoms with E-state index in [1.807, 2.05) is 48.5 Å². The Kier molecular flexibility index (Phi) is 6.89. The van der Waals surface area contributed by atoms with Gasteiger partial charge in [0.05, 0.1) is 13.2 Å². The molecule has 2 aromatic carbocycles. The standard InChI is InChI=1S/C24H26ClN3O3/c1-30-20-11-7-18(8-12-20)23-15-21(27-31-23)24(29)26-16-22(28-13-3-2-4-14-28)17-5-9-19(25)10-6-17/h5-12,15,22H,2-4,13-14,16H2,1H3,(H,26,29). The highest BCUT2D eigenvalue weighted by Crippen LogP contribution is 2.26. The van der Waals surface area contributed by atoms with E-state index < -0.39 is 0 Å². The van der Waals surface area contributed by atoms with Gasteiger partial charge in [-0.1, -0.05) is 35.3 Å². The van der Waals surface area contributed by atoms with E-state index in [0.29, 0.717) is 17.3 Å². The molecule has 1 amide bonds. The number of halogens is 1. The van der Waals surface area contributed by atoms with Crippen LogP contribution in [-0.4, -0.2) is 42.7 Å². The molecule has 0 aliphatic carbocycles. The second-order valence-electron chi connectivity index (χ2n) is 7.68. The van der Waals surface area contributed by atoms with Gasteiger partial charge in [-0.05, 0) is 67.9 Å². The average molecular weight is 440 g/mol. The Bertz CT molecular complexity index is 996. The molecule has 1 N–H and O–H groups in total. The highest BCUT2D eigenvalue weighted by molar-refractivity contribution is 6.30. The minimum atomic E-state index is -0.250. The maximum atomic E-state index is 12.8. The SMILES string of the molecule is COc1ccc(-c2cc(C(=O)NCC(c3ccc(Cl)cc3)N3CCCCC3)no2)cc1. The van der Waals surface area contributed by atoms with Crippen LogP contribution in [-0.2, 0) is 0 Å². The van der Waals surface area contributed by atoms with Gasteiger partial charge in [0.25, 0.3) is 5.91 Å². The number of benzene rings is 2. The second kappa shape index (κ2) is 9.98.